The molecule has 0 radical (unpaired) electrons. The summed E-state index contributed by atoms with van der Waals surface area (Å²) in [5.41, 5.74) is 2.03. The summed E-state index contributed by atoms with van der Waals surface area (Å²) in [4.78, 5) is 38.3. The van der Waals surface area contributed by atoms with Gasteiger partial charge in [-0.05, 0) is 20.8 Å². The van der Waals surface area contributed by atoms with Crippen LogP contribution in [0, 0.1) is 5.41 Å². The fourth-order valence-corrected chi connectivity index (χ4v) is 2.57. The van der Waals surface area contributed by atoms with Crippen LogP contribution in [0.25, 0.3) is 0 Å². The second-order valence-corrected chi connectivity index (χ2v) is 6.89. The Morgan fingerprint density at radius 3 is 2.88 bits per heavy atom. The predicted molar refractivity (Wildman–Crippen MR) is 86.7 cm³/mol. The smallest absolute Gasteiger partial charge is 0.314 e. The summed E-state index contributed by atoms with van der Waals surface area (Å²) in [5, 5.41) is 0. The van der Waals surface area contributed by atoms with E-state index >= 15 is 0 Å². The number of carbonyl (C=O) groups is 2. The Bertz CT molecular complexity index is 751. The largest absolute Gasteiger partial charge is 0.451 e. The van der Waals surface area contributed by atoms with E-state index in [9.17, 15) is 14.4 Å². The van der Waals surface area contributed by atoms with Gasteiger partial charge in [-0.2, -0.15) is 0 Å². The fourth-order valence-electron chi connectivity index (χ4n) is 2.57. The van der Waals surface area contributed by atoms with Gasteiger partial charge in [-0.3, -0.25) is 19.1 Å². The number of pyridine rings is 1. The van der Waals surface area contributed by atoms with Gasteiger partial charge in [0.1, 0.15) is 6.17 Å². The molecule has 1 atom stereocenters. The lowest BCUT2D eigenvalue weighted by atomic mass is 9.98. The molecule has 1 fully saturated rings. The van der Waals surface area contributed by atoms with Crippen LogP contribution >= 0.6 is 0 Å². The Labute approximate surface area is 144 Å². The second-order valence-electron chi connectivity index (χ2n) is 6.89. The maximum atomic E-state index is 12.8. The number of hydrogen-bond donors (Lipinski definition) is 1. The standard InChI is InChI=1S/C16H21N3O6/c1-16(2,3)15(22)25-9-24-13-10(20)4-5-19-12(13)14(21)18-6-7-23-8-11(18)17-19/h4-5,11,17H,6-9H2,1-3H3/t11-/m0/s1. The van der Waals surface area contributed by atoms with Crippen LogP contribution in [0.2, 0.25) is 0 Å². The average molecular weight is 351 g/mol. The highest BCUT2D eigenvalue weighted by Gasteiger charge is 2.37. The van der Waals surface area contributed by atoms with Crippen LogP contribution < -0.4 is 15.6 Å². The van der Waals surface area contributed by atoms with E-state index in [1.54, 1.807) is 25.7 Å². The Hall–Kier alpha value is -2.55. The molecule has 1 saturated heterocycles. The van der Waals surface area contributed by atoms with Crippen molar-refractivity contribution in [3.63, 3.8) is 0 Å². The van der Waals surface area contributed by atoms with Gasteiger partial charge in [0.05, 0.1) is 18.6 Å². The molecule has 0 aliphatic carbocycles. The van der Waals surface area contributed by atoms with Gasteiger partial charge in [-0.15, -0.1) is 0 Å². The molecule has 0 aromatic carbocycles. The zero-order valence-electron chi connectivity index (χ0n) is 14.4. The van der Waals surface area contributed by atoms with Gasteiger partial charge < -0.3 is 24.5 Å². The molecule has 0 spiro atoms. The van der Waals surface area contributed by atoms with Gasteiger partial charge in [0.2, 0.25) is 18.0 Å². The zero-order valence-corrected chi connectivity index (χ0v) is 14.4. The van der Waals surface area contributed by atoms with Crippen LogP contribution in [0.1, 0.15) is 31.3 Å². The van der Waals surface area contributed by atoms with Crippen molar-refractivity contribution in [2.75, 3.05) is 32.0 Å². The highest BCUT2D eigenvalue weighted by Crippen LogP contribution is 2.23. The number of ether oxygens (including phenoxy) is 3. The van der Waals surface area contributed by atoms with E-state index in [2.05, 4.69) is 5.43 Å². The SMILES string of the molecule is CC(C)(C)C(=O)OCOc1c2n(ccc1=O)N[C@@H]1COCCN1C2=O. The Balaban J connectivity index is 1.83. The topological polar surface area (TPSA) is 99.1 Å². The molecule has 2 aliphatic rings. The first-order chi connectivity index (χ1) is 11.8. The number of aromatic nitrogens is 1. The minimum absolute atomic E-state index is 0.0810. The molecule has 1 N–H and O–H groups in total. The maximum absolute atomic E-state index is 12.8. The lowest BCUT2D eigenvalue weighted by molar-refractivity contribution is -0.159. The quantitative estimate of drug-likeness (QED) is 0.610. The number of fused-ring (bicyclic) bond motifs is 2. The van der Waals surface area contributed by atoms with Gasteiger partial charge in [-0.1, -0.05) is 0 Å². The zero-order chi connectivity index (χ0) is 18.2. The van der Waals surface area contributed by atoms with E-state index in [1.165, 1.54) is 16.9 Å². The highest BCUT2D eigenvalue weighted by atomic mass is 16.7. The molecule has 9 heteroatoms. The van der Waals surface area contributed by atoms with Gasteiger partial charge in [0, 0.05) is 18.8 Å². The molecule has 2 aliphatic heterocycles. The van der Waals surface area contributed by atoms with Crippen molar-refractivity contribution in [2.24, 2.45) is 5.41 Å². The van der Waals surface area contributed by atoms with Gasteiger partial charge in [0.15, 0.2) is 5.69 Å². The fraction of sp³-hybridized carbons (Fsp3) is 0.562. The lowest BCUT2D eigenvalue weighted by Crippen LogP contribution is -2.59. The van der Waals surface area contributed by atoms with Crippen LogP contribution in [0.3, 0.4) is 0 Å². The first kappa shape index (κ1) is 17.3. The summed E-state index contributed by atoms with van der Waals surface area (Å²) < 4.78 is 17.2. The van der Waals surface area contributed by atoms with E-state index in [4.69, 9.17) is 14.2 Å². The summed E-state index contributed by atoms with van der Waals surface area (Å²) in [5.74, 6) is -0.941. The first-order valence-electron chi connectivity index (χ1n) is 8.00. The average Bonchev–Trinajstić information content (AvgIpc) is 2.56. The van der Waals surface area contributed by atoms with Gasteiger partial charge in [-0.25, -0.2) is 0 Å². The van der Waals surface area contributed by atoms with Crippen molar-refractivity contribution in [1.29, 1.82) is 0 Å². The number of carbonyl (C=O) groups excluding carboxylic acids is 2. The monoisotopic (exact) mass is 351 g/mol. The number of hydrogen-bond acceptors (Lipinski definition) is 7. The summed E-state index contributed by atoms with van der Waals surface area (Å²) in [6, 6.07) is 1.28. The lowest BCUT2D eigenvalue weighted by Gasteiger charge is -2.41. The Morgan fingerprint density at radius 2 is 2.16 bits per heavy atom. The molecule has 3 heterocycles. The second kappa shape index (κ2) is 6.40. The minimum atomic E-state index is -0.688. The Kier molecular flexibility index (Phi) is 4.42. The predicted octanol–water partition coefficient (Wildman–Crippen LogP) is 0.130. The third kappa shape index (κ3) is 3.32. The molecule has 1 aromatic rings. The number of rotatable bonds is 3. The maximum Gasteiger partial charge on any atom is 0.314 e. The van der Waals surface area contributed by atoms with Crippen LogP contribution in [0.5, 0.6) is 5.75 Å². The molecule has 1 amide bonds. The Morgan fingerprint density at radius 1 is 1.40 bits per heavy atom. The molecule has 136 valence electrons. The third-order valence-electron chi connectivity index (χ3n) is 3.94. The molecular weight excluding hydrogens is 330 g/mol. The molecular formula is C16H21N3O6. The van der Waals surface area contributed by atoms with E-state index in [0.717, 1.165) is 0 Å². The van der Waals surface area contributed by atoms with E-state index in [-0.39, 0.29) is 23.5 Å². The number of amides is 1. The van der Waals surface area contributed by atoms with Crippen molar-refractivity contribution in [3.05, 3.63) is 28.2 Å². The van der Waals surface area contributed by atoms with Gasteiger partial charge >= 0.3 is 5.97 Å². The number of nitrogens with one attached hydrogen (secondary N) is 1. The van der Waals surface area contributed by atoms with Crippen molar-refractivity contribution >= 4 is 11.9 Å². The summed E-state index contributed by atoms with van der Waals surface area (Å²) >= 11 is 0. The normalized spacial score (nSPS) is 19.6. The van der Waals surface area contributed by atoms with E-state index < -0.39 is 23.6 Å². The van der Waals surface area contributed by atoms with Crippen molar-refractivity contribution < 1.29 is 23.8 Å². The highest BCUT2D eigenvalue weighted by molar-refractivity contribution is 5.96. The number of morpholine rings is 1. The molecule has 3 rings (SSSR count). The van der Waals surface area contributed by atoms with Crippen molar-refractivity contribution in [2.45, 2.75) is 26.9 Å². The van der Waals surface area contributed by atoms with E-state index in [0.29, 0.717) is 19.8 Å². The third-order valence-corrected chi connectivity index (χ3v) is 3.94. The molecule has 0 unspecified atom stereocenters. The number of nitrogens with zero attached hydrogens (tertiary/aromatic N) is 2. The van der Waals surface area contributed by atoms with Crippen LogP contribution in [-0.4, -0.2) is 54.2 Å². The van der Waals surface area contributed by atoms with Crippen LogP contribution in [0.4, 0.5) is 0 Å². The molecule has 25 heavy (non-hydrogen) atoms. The molecule has 0 bridgehead atoms. The number of esters is 1. The molecule has 1 aromatic heterocycles. The molecule has 9 nitrogen and oxygen atoms in total. The van der Waals surface area contributed by atoms with E-state index in [1.807, 2.05) is 0 Å². The van der Waals surface area contributed by atoms with Crippen LogP contribution in [0.15, 0.2) is 17.1 Å². The minimum Gasteiger partial charge on any atom is -0.451 e. The summed E-state index contributed by atoms with van der Waals surface area (Å²) in [7, 11) is 0. The van der Waals surface area contributed by atoms with Crippen molar-refractivity contribution in [3.8, 4) is 5.75 Å². The first-order valence-corrected chi connectivity index (χ1v) is 8.00. The van der Waals surface area contributed by atoms with Gasteiger partial charge in [0.25, 0.3) is 5.91 Å². The summed E-state index contributed by atoms with van der Waals surface area (Å²) in [6.45, 7) is 5.89. The van der Waals surface area contributed by atoms with Crippen molar-refractivity contribution in [1.82, 2.24) is 9.58 Å². The molecule has 0 saturated carbocycles. The van der Waals surface area contributed by atoms with Crippen LogP contribution in [-0.2, 0) is 14.3 Å². The summed E-state index contributed by atoms with van der Waals surface area (Å²) in [6.07, 6.45) is 1.16.